The number of hydrogen-bond donors (Lipinski definition) is 1. The molecule has 3 rings (SSSR count). The highest BCUT2D eigenvalue weighted by Crippen LogP contribution is 2.31. The highest BCUT2D eigenvalue weighted by molar-refractivity contribution is 9.11. The lowest BCUT2D eigenvalue weighted by Crippen LogP contribution is -2.43. The largest absolute Gasteiger partial charge is 0.326 e. The third-order valence-electron chi connectivity index (χ3n) is 4.50. The number of hydrogen-bond acceptors (Lipinski definition) is 4. The molecule has 0 bridgehead atoms. The topological polar surface area (TPSA) is 66.5 Å². The number of nitrogens with zero attached hydrogens (tertiary/aromatic N) is 1. The molecular formula is C18H21BrN2O3S2. The van der Waals surface area contributed by atoms with E-state index >= 15 is 0 Å². The van der Waals surface area contributed by atoms with Crippen molar-refractivity contribution in [2.24, 2.45) is 5.92 Å². The average Bonchev–Trinajstić information content (AvgIpc) is 3.09. The molecule has 1 atom stereocenters. The van der Waals surface area contributed by atoms with Crippen LogP contribution in [-0.2, 0) is 21.2 Å². The number of thiophene rings is 1. The van der Waals surface area contributed by atoms with Crippen molar-refractivity contribution in [1.29, 1.82) is 0 Å². The van der Waals surface area contributed by atoms with Crippen LogP contribution >= 0.6 is 27.3 Å². The van der Waals surface area contributed by atoms with Gasteiger partial charge in [-0.05, 0) is 65.0 Å². The van der Waals surface area contributed by atoms with Crippen molar-refractivity contribution >= 4 is 48.9 Å². The molecule has 1 aromatic heterocycles. The van der Waals surface area contributed by atoms with Gasteiger partial charge in [0.15, 0.2) is 0 Å². The van der Waals surface area contributed by atoms with E-state index in [1.54, 1.807) is 12.1 Å². The van der Waals surface area contributed by atoms with Crippen molar-refractivity contribution < 1.29 is 13.2 Å². The van der Waals surface area contributed by atoms with Gasteiger partial charge in [0.05, 0.1) is 9.70 Å². The van der Waals surface area contributed by atoms with E-state index in [-0.39, 0.29) is 18.4 Å². The number of halogens is 1. The summed E-state index contributed by atoms with van der Waals surface area (Å²) in [6.45, 7) is 2.73. The third-order valence-corrected chi connectivity index (χ3v) is 8.46. The summed E-state index contributed by atoms with van der Waals surface area (Å²) < 4.78 is 28.1. The zero-order valence-corrected chi connectivity index (χ0v) is 17.7. The number of benzene rings is 1. The summed E-state index contributed by atoms with van der Waals surface area (Å²) in [4.78, 5) is 12.6. The molecule has 0 radical (unpaired) electrons. The normalized spacial score (nSPS) is 18.6. The molecule has 140 valence electrons. The second-order valence-electron chi connectivity index (χ2n) is 6.30. The minimum absolute atomic E-state index is 0.120. The van der Waals surface area contributed by atoms with Gasteiger partial charge in [0, 0.05) is 18.8 Å². The lowest BCUT2D eigenvalue weighted by Gasteiger charge is -2.30. The molecule has 0 saturated carbocycles. The molecule has 2 aromatic rings. The minimum Gasteiger partial charge on any atom is -0.326 e. The Kier molecular flexibility index (Phi) is 6.17. The Morgan fingerprint density at radius 3 is 2.85 bits per heavy atom. The van der Waals surface area contributed by atoms with Crippen molar-refractivity contribution in [3.63, 3.8) is 0 Å². The van der Waals surface area contributed by atoms with Crippen LogP contribution in [0.15, 0.2) is 44.4 Å². The van der Waals surface area contributed by atoms with Gasteiger partial charge in [-0.1, -0.05) is 19.1 Å². The maximum Gasteiger partial charge on any atom is 0.252 e. The Morgan fingerprint density at radius 2 is 2.15 bits per heavy atom. The van der Waals surface area contributed by atoms with E-state index in [1.165, 1.54) is 15.6 Å². The molecule has 1 aromatic carbocycles. The molecule has 8 heteroatoms. The Bertz CT molecular complexity index is 895. The number of sulfonamides is 1. The number of anilines is 1. The van der Waals surface area contributed by atoms with E-state index in [4.69, 9.17) is 0 Å². The molecule has 0 aliphatic carbocycles. The SMILES string of the molecule is CCc1cccc(NC(=O)[C@@H]2CCCN(S(=O)(=O)c3ccc(Br)s3)C2)c1. The van der Waals surface area contributed by atoms with E-state index in [0.29, 0.717) is 23.6 Å². The molecule has 0 spiro atoms. The van der Waals surface area contributed by atoms with Crippen molar-refractivity contribution in [1.82, 2.24) is 4.31 Å². The monoisotopic (exact) mass is 456 g/mol. The smallest absolute Gasteiger partial charge is 0.252 e. The zero-order chi connectivity index (χ0) is 18.7. The summed E-state index contributed by atoms with van der Waals surface area (Å²) in [6.07, 6.45) is 2.27. The van der Waals surface area contributed by atoms with E-state index < -0.39 is 10.0 Å². The van der Waals surface area contributed by atoms with E-state index in [9.17, 15) is 13.2 Å². The van der Waals surface area contributed by atoms with Crippen molar-refractivity contribution in [3.8, 4) is 0 Å². The Balaban J connectivity index is 1.70. The van der Waals surface area contributed by atoms with E-state index in [0.717, 1.165) is 21.5 Å². The molecule has 1 fully saturated rings. The number of piperidine rings is 1. The first-order valence-corrected chi connectivity index (χ1v) is 11.6. The summed E-state index contributed by atoms with van der Waals surface area (Å²) in [5.74, 6) is -0.460. The molecule has 5 nitrogen and oxygen atoms in total. The second-order valence-corrected chi connectivity index (χ2v) is 10.9. The molecule has 26 heavy (non-hydrogen) atoms. The van der Waals surface area contributed by atoms with Gasteiger partial charge >= 0.3 is 0 Å². The molecule has 1 aliphatic heterocycles. The average molecular weight is 457 g/mol. The molecule has 1 amide bonds. The predicted molar refractivity (Wildman–Crippen MR) is 108 cm³/mol. The van der Waals surface area contributed by atoms with Crippen molar-refractivity contribution in [2.75, 3.05) is 18.4 Å². The van der Waals surface area contributed by atoms with E-state index in [2.05, 4.69) is 28.2 Å². The summed E-state index contributed by atoms with van der Waals surface area (Å²) in [6, 6.07) is 11.1. The quantitative estimate of drug-likeness (QED) is 0.735. The van der Waals surface area contributed by atoms with Crippen LogP contribution in [0.2, 0.25) is 0 Å². The van der Waals surface area contributed by atoms with Crippen LogP contribution < -0.4 is 5.32 Å². The molecule has 0 unspecified atom stereocenters. The molecule has 1 saturated heterocycles. The number of aryl methyl sites for hydroxylation is 1. The Morgan fingerprint density at radius 1 is 1.35 bits per heavy atom. The van der Waals surface area contributed by atoms with E-state index in [1.807, 2.05) is 24.3 Å². The number of carbonyl (C=O) groups is 1. The Labute approximate surface area is 166 Å². The number of rotatable bonds is 5. The molecular weight excluding hydrogens is 436 g/mol. The standard InChI is InChI=1S/C18H21BrN2O3S2/c1-2-13-5-3-7-15(11-13)20-18(22)14-6-4-10-21(12-14)26(23,24)17-9-8-16(19)25-17/h3,5,7-9,11,14H,2,4,6,10,12H2,1H3,(H,20,22)/t14-/m1/s1. The van der Waals surface area contributed by atoms with Crippen LogP contribution in [0.4, 0.5) is 5.69 Å². The van der Waals surface area contributed by atoms with Crippen molar-refractivity contribution in [3.05, 3.63) is 45.7 Å². The van der Waals surface area contributed by atoms with Gasteiger partial charge in [-0.3, -0.25) is 4.79 Å². The number of amides is 1. The van der Waals surface area contributed by atoms with Gasteiger partial charge in [-0.25, -0.2) is 8.42 Å². The number of carbonyl (C=O) groups excluding carboxylic acids is 1. The van der Waals surface area contributed by atoms with Gasteiger partial charge in [0.25, 0.3) is 10.0 Å². The van der Waals surface area contributed by atoms with Crippen LogP contribution in [0, 0.1) is 5.92 Å². The second kappa shape index (κ2) is 8.21. The summed E-state index contributed by atoms with van der Waals surface area (Å²) in [5, 5.41) is 2.94. The third kappa shape index (κ3) is 4.36. The minimum atomic E-state index is -3.55. The van der Waals surface area contributed by atoms with Crippen molar-refractivity contribution in [2.45, 2.75) is 30.4 Å². The highest BCUT2D eigenvalue weighted by Gasteiger charge is 2.34. The first kappa shape index (κ1) is 19.5. The summed E-state index contributed by atoms with van der Waals surface area (Å²) in [5.41, 5.74) is 1.91. The Hall–Kier alpha value is -1.22. The maximum atomic E-state index is 12.8. The number of nitrogens with one attached hydrogen (secondary N) is 1. The van der Waals surface area contributed by atoms with Crippen LogP contribution in [0.25, 0.3) is 0 Å². The molecule has 1 aliphatic rings. The lowest BCUT2D eigenvalue weighted by molar-refractivity contribution is -0.120. The van der Waals surface area contributed by atoms with Crippen LogP contribution in [0.3, 0.4) is 0 Å². The highest BCUT2D eigenvalue weighted by atomic mass is 79.9. The molecule has 2 heterocycles. The van der Waals surface area contributed by atoms with Gasteiger partial charge < -0.3 is 5.32 Å². The van der Waals surface area contributed by atoms with Crippen LogP contribution in [-0.4, -0.2) is 31.7 Å². The van der Waals surface area contributed by atoms with Gasteiger partial charge in [-0.2, -0.15) is 4.31 Å². The van der Waals surface area contributed by atoms with Gasteiger partial charge in [-0.15, -0.1) is 11.3 Å². The molecule has 1 N–H and O–H groups in total. The summed E-state index contributed by atoms with van der Waals surface area (Å²) >= 11 is 4.50. The fourth-order valence-electron chi connectivity index (χ4n) is 3.05. The zero-order valence-electron chi connectivity index (χ0n) is 14.4. The van der Waals surface area contributed by atoms with Gasteiger partial charge in [0.2, 0.25) is 5.91 Å². The van der Waals surface area contributed by atoms with Gasteiger partial charge in [0.1, 0.15) is 4.21 Å². The summed E-state index contributed by atoms with van der Waals surface area (Å²) in [7, 11) is -3.55. The lowest BCUT2D eigenvalue weighted by atomic mass is 9.98. The fraction of sp³-hybridized carbons (Fsp3) is 0.389. The fourth-order valence-corrected chi connectivity index (χ4v) is 6.74. The van der Waals surface area contributed by atoms with Crippen LogP contribution in [0.1, 0.15) is 25.3 Å². The predicted octanol–water partition coefficient (Wildman–Crippen LogP) is 4.11. The first-order chi connectivity index (χ1) is 12.4. The first-order valence-electron chi connectivity index (χ1n) is 8.55. The maximum absolute atomic E-state index is 12.8. The van der Waals surface area contributed by atoms with Crippen LogP contribution in [0.5, 0.6) is 0 Å².